The van der Waals surface area contributed by atoms with Crippen LogP contribution in [-0.4, -0.2) is 11.4 Å². The first-order valence-corrected chi connectivity index (χ1v) is 5.49. The first kappa shape index (κ1) is 10.8. The number of hydrogen-bond donors (Lipinski definition) is 1. The number of benzene rings is 1. The number of furan rings is 2. The summed E-state index contributed by atoms with van der Waals surface area (Å²) in [5, 5.41) is 10.3. The Bertz CT molecular complexity index is 705. The van der Waals surface area contributed by atoms with Gasteiger partial charge in [0.05, 0.1) is 18.4 Å². The second-order valence-electron chi connectivity index (χ2n) is 3.89. The predicted molar refractivity (Wildman–Crippen MR) is 65.2 cm³/mol. The van der Waals surface area contributed by atoms with Crippen LogP contribution in [0, 0.1) is 0 Å². The normalized spacial score (nSPS) is 10.9. The van der Waals surface area contributed by atoms with E-state index in [-0.39, 0.29) is 6.61 Å². The molecule has 1 N–H and O–H groups in total. The largest absolute Gasteiger partial charge is 0.460 e. The van der Waals surface area contributed by atoms with Crippen molar-refractivity contribution in [1.29, 1.82) is 0 Å². The molecule has 3 rings (SSSR count). The molecule has 0 spiro atoms. The summed E-state index contributed by atoms with van der Waals surface area (Å²) < 4.78 is 10.9. The fourth-order valence-electron chi connectivity index (χ4n) is 2.04. The SMILES string of the molecule is O=Cc1ccoc1-c1oc2ccccc2c1CO. The van der Waals surface area contributed by atoms with Crippen LogP contribution < -0.4 is 0 Å². The van der Waals surface area contributed by atoms with E-state index in [4.69, 9.17) is 8.83 Å². The first-order chi connectivity index (χ1) is 8.85. The molecular formula is C14H10O4. The number of carbonyl (C=O) groups excluding carboxylic acids is 1. The lowest BCUT2D eigenvalue weighted by atomic mass is 10.1. The second kappa shape index (κ2) is 4.16. The van der Waals surface area contributed by atoms with Gasteiger partial charge in [-0.15, -0.1) is 0 Å². The number of aliphatic hydroxyl groups excluding tert-OH is 1. The van der Waals surface area contributed by atoms with E-state index in [1.54, 1.807) is 6.07 Å². The zero-order valence-corrected chi connectivity index (χ0v) is 9.42. The van der Waals surface area contributed by atoms with Crippen molar-refractivity contribution >= 4 is 17.3 Å². The van der Waals surface area contributed by atoms with Gasteiger partial charge in [-0.05, 0) is 12.1 Å². The lowest BCUT2D eigenvalue weighted by Gasteiger charge is -1.96. The van der Waals surface area contributed by atoms with Crippen LogP contribution in [-0.2, 0) is 6.61 Å². The molecule has 0 atom stereocenters. The molecule has 4 nitrogen and oxygen atoms in total. The minimum atomic E-state index is -0.175. The Morgan fingerprint density at radius 2 is 2.00 bits per heavy atom. The summed E-state index contributed by atoms with van der Waals surface area (Å²) in [7, 11) is 0. The lowest BCUT2D eigenvalue weighted by molar-refractivity contribution is 0.112. The third-order valence-electron chi connectivity index (χ3n) is 2.89. The maximum absolute atomic E-state index is 10.9. The number of hydrogen-bond acceptors (Lipinski definition) is 4. The molecule has 3 aromatic rings. The van der Waals surface area contributed by atoms with Crippen molar-refractivity contribution in [3.63, 3.8) is 0 Å². The van der Waals surface area contributed by atoms with E-state index in [9.17, 15) is 9.90 Å². The molecule has 0 aliphatic rings. The van der Waals surface area contributed by atoms with Gasteiger partial charge < -0.3 is 13.9 Å². The number of fused-ring (bicyclic) bond motifs is 1. The molecule has 18 heavy (non-hydrogen) atoms. The molecule has 2 heterocycles. The van der Waals surface area contributed by atoms with Crippen molar-refractivity contribution < 1.29 is 18.7 Å². The Kier molecular flexibility index (Phi) is 2.50. The van der Waals surface area contributed by atoms with Gasteiger partial charge in [0.2, 0.25) is 0 Å². The highest BCUT2D eigenvalue weighted by atomic mass is 16.4. The molecule has 0 fully saturated rings. The number of aldehydes is 1. The zero-order chi connectivity index (χ0) is 12.5. The van der Waals surface area contributed by atoms with Gasteiger partial charge in [-0.2, -0.15) is 0 Å². The van der Waals surface area contributed by atoms with Gasteiger partial charge in [0.25, 0.3) is 0 Å². The van der Waals surface area contributed by atoms with Crippen LogP contribution in [0.1, 0.15) is 15.9 Å². The van der Waals surface area contributed by atoms with Gasteiger partial charge in [-0.3, -0.25) is 4.79 Å². The highest BCUT2D eigenvalue weighted by molar-refractivity contribution is 5.91. The monoisotopic (exact) mass is 242 g/mol. The van der Waals surface area contributed by atoms with Gasteiger partial charge in [0.1, 0.15) is 5.58 Å². The van der Waals surface area contributed by atoms with Crippen molar-refractivity contribution in [3.05, 3.63) is 47.7 Å². The molecule has 4 heteroatoms. The Balaban J connectivity index is 2.32. The van der Waals surface area contributed by atoms with E-state index < -0.39 is 0 Å². The highest BCUT2D eigenvalue weighted by Crippen LogP contribution is 2.35. The maximum Gasteiger partial charge on any atom is 0.180 e. The zero-order valence-electron chi connectivity index (χ0n) is 9.42. The van der Waals surface area contributed by atoms with Crippen LogP contribution in [0.25, 0.3) is 22.5 Å². The molecule has 0 radical (unpaired) electrons. The van der Waals surface area contributed by atoms with Crippen LogP contribution in [0.15, 0.2) is 45.4 Å². The van der Waals surface area contributed by atoms with E-state index >= 15 is 0 Å². The molecular weight excluding hydrogens is 232 g/mol. The molecule has 2 aromatic heterocycles. The third kappa shape index (κ3) is 1.47. The predicted octanol–water partition coefficient (Wildman–Crippen LogP) is 3.00. The fraction of sp³-hybridized carbons (Fsp3) is 0.0714. The first-order valence-electron chi connectivity index (χ1n) is 5.49. The van der Waals surface area contributed by atoms with Crippen LogP contribution in [0.4, 0.5) is 0 Å². The van der Waals surface area contributed by atoms with Gasteiger partial charge in [-0.1, -0.05) is 18.2 Å². The van der Waals surface area contributed by atoms with E-state index in [2.05, 4.69) is 0 Å². The average Bonchev–Trinajstić information content (AvgIpc) is 3.01. The van der Waals surface area contributed by atoms with Crippen molar-refractivity contribution in [1.82, 2.24) is 0 Å². The van der Waals surface area contributed by atoms with Gasteiger partial charge in [-0.25, -0.2) is 0 Å². The van der Waals surface area contributed by atoms with E-state index in [1.165, 1.54) is 6.26 Å². The second-order valence-corrected chi connectivity index (χ2v) is 3.89. The Hall–Kier alpha value is -2.33. The number of rotatable bonds is 3. The van der Waals surface area contributed by atoms with Gasteiger partial charge in [0.15, 0.2) is 17.8 Å². The molecule has 0 aliphatic carbocycles. The van der Waals surface area contributed by atoms with Crippen LogP contribution in [0.5, 0.6) is 0 Å². The van der Waals surface area contributed by atoms with Crippen molar-refractivity contribution in [3.8, 4) is 11.5 Å². The topological polar surface area (TPSA) is 63.6 Å². The molecule has 0 unspecified atom stereocenters. The number of carbonyl (C=O) groups is 1. The quantitative estimate of drug-likeness (QED) is 0.717. The highest BCUT2D eigenvalue weighted by Gasteiger charge is 2.19. The summed E-state index contributed by atoms with van der Waals surface area (Å²) in [5.41, 5.74) is 1.69. The van der Waals surface area contributed by atoms with Crippen LogP contribution in [0.2, 0.25) is 0 Å². The average molecular weight is 242 g/mol. The summed E-state index contributed by atoms with van der Waals surface area (Å²) in [6.07, 6.45) is 2.13. The molecule has 0 saturated heterocycles. The smallest absolute Gasteiger partial charge is 0.180 e. The summed E-state index contributed by atoms with van der Waals surface area (Å²) in [6.45, 7) is -0.175. The number of para-hydroxylation sites is 1. The van der Waals surface area contributed by atoms with Crippen LogP contribution in [0.3, 0.4) is 0 Å². The van der Waals surface area contributed by atoms with Gasteiger partial charge >= 0.3 is 0 Å². The molecule has 0 saturated carbocycles. The fourth-order valence-corrected chi connectivity index (χ4v) is 2.04. The van der Waals surface area contributed by atoms with E-state index in [0.717, 1.165) is 5.39 Å². The molecule has 0 aliphatic heterocycles. The van der Waals surface area contributed by atoms with Crippen LogP contribution >= 0.6 is 0 Å². The number of aliphatic hydroxyl groups is 1. The third-order valence-corrected chi connectivity index (χ3v) is 2.89. The lowest BCUT2D eigenvalue weighted by Crippen LogP contribution is -1.86. The summed E-state index contributed by atoms with van der Waals surface area (Å²) in [5.74, 6) is 0.760. The van der Waals surface area contributed by atoms with Crippen molar-refractivity contribution in [2.45, 2.75) is 6.61 Å². The molecule has 0 amide bonds. The minimum Gasteiger partial charge on any atom is -0.460 e. The minimum absolute atomic E-state index is 0.175. The Morgan fingerprint density at radius 3 is 2.78 bits per heavy atom. The molecule has 90 valence electrons. The molecule has 1 aromatic carbocycles. The van der Waals surface area contributed by atoms with E-state index in [0.29, 0.717) is 34.5 Å². The Labute approximate surface area is 102 Å². The summed E-state index contributed by atoms with van der Waals surface area (Å²) in [6, 6.07) is 8.94. The standard InChI is InChI=1S/C14H10O4/c15-7-9-5-6-17-13(9)14-11(8-16)10-3-1-2-4-12(10)18-14/h1-7,16H,8H2. The van der Waals surface area contributed by atoms with Crippen molar-refractivity contribution in [2.24, 2.45) is 0 Å². The van der Waals surface area contributed by atoms with Gasteiger partial charge in [0, 0.05) is 10.9 Å². The summed E-state index contributed by atoms with van der Waals surface area (Å²) in [4.78, 5) is 10.9. The Morgan fingerprint density at radius 1 is 1.17 bits per heavy atom. The van der Waals surface area contributed by atoms with E-state index in [1.807, 2.05) is 24.3 Å². The molecule has 0 bridgehead atoms. The summed E-state index contributed by atoms with van der Waals surface area (Å²) >= 11 is 0. The van der Waals surface area contributed by atoms with Crippen molar-refractivity contribution in [2.75, 3.05) is 0 Å². The maximum atomic E-state index is 10.9.